The largest absolute Gasteiger partial charge is 0.478 e. The summed E-state index contributed by atoms with van der Waals surface area (Å²) in [6.45, 7) is 1.18. The molecule has 0 bridgehead atoms. The third kappa shape index (κ3) is 5.16. The lowest BCUT2D eigenvalue weighted by Gasteiger charge is -2.03. The van der Waals surface area contributed by atoms with E-state index in [1.165, 1.54) is 6.92 Å². The van der Waals surface area contributed by atoms with Gasteiger partial charge < -0.3 is 9.84 Å². The summed E-state index contributed by atoms with van der Waals surface area (Å²) in [5, 5.41) is 8.97. The van der Waals surface area contributed by atoms with Crippen LogP contribution >= 0.6 is 0 Å². The van der Waals surface area contributed by atoms with E-state index >= 15 is 0 Å². The molecule has 5 nitrogen and oxygen atoms in total. The molecule has 1 aromatic rings. The van der Waals surface area contributed by atoms with Crippen LogP contribution in [0.5, 0.6) is 0 Å². The van der Waals surface area contributed by atoms with Gasteiger partial charge in [0.1, 0.15) is 0 Å². The summed E-state index contributed by atoms with van der Waals surface area (Å²) in [5.74, 6) is -2.07. The lowest BCUT2D eigenvalue weighted by atomic mass is 10.1. The van der Waals surface area contributed by atoms with Crippen LogP contribution in [0.4, 0.5) is 0 Å². The van der Waals surface area contributed by atoms with E-state index in [1.54, 1.807) is 30.3 Å². The van der Waals surface area contributed by atoms with Crippen LogP contribution in [0.1, 0.15) is 23.7 Å². The highest BCUT2D eigenvalue weighted by Crippen LogP contribution is 2.07. The van der Waals surface area contributed by atoms with Crippen LogP contribution in [-0.4, -0.2) is 29.4 Å². The highest BCUT2D eigenvalue weighted by molar-refractivity contribution is 6.08. The average Bonchev–Trinajstić information content (AvgIpc) is 2.37. The van der Waals surface area contributed by atoms with Crippen LogP contribution in [0.15, 0.2) is 42.0 Å². The first-order valence-electron chi connectivity index (χ1n) is 5.67. The Hall–Kier alpha value is -2.43. The van der Waals surface area contributed by atoms with Crippen molar-refractivity contribution in [3.8, 4) is 0 Å². The molecule has 1 N–H and O–H groups in total. The van der Waals surface area contributed by atoms with Crippen LogP contribution < -0.4 is 0 Å². The zero-order chi connectivity index (χ0) is 14.3. The van der Waals surface area contributed by atoms with E-state index in [0.29, 0.717) is 5.56 Å². The van der Waals surface area contributed by atoms with E-state index in [9.17, 15) is 14.4 Å². The number of ether oxygens (including phenoxy) is 1. The van der Waals surface area contributed by atoms with Gasteiger partial charge >= 0.3 is 11.9 Å². The molecule has 0 fully saturated rings. The average molecular weight is 262 g/mol. The summed E-state index contributed by atoms with van der Waals surface area (Å²) in [7, 11) is 0. The number of carboxylic acid groups (broad SMARTS) is 1. The zero-order valence-electron chi connectivity index (χ0n) is 10.5. The third-order valence-electron chi connectivity index (χ3n) is 2.32. The Morgan fingerprint density at radius 1 is 1.21 bits per heavy atom. The highest BCUT2D eigenvalue weighted by atomic mass is 16.5. The maximum atomic E-state index is 11.8. The first-order valence-corrected chi connectivity index (χ1v) is 5.67. The second kappa shape index (κ2) is 7.10. The van der Waals surface area contributed by atoms with Crippen LogP contribution in [0.3, 0.4) is 0 Å². The minimum atomic E-state index is -1.20. The normalized spacial score (nSPS) is 10.9. The fraction of sp³-hybridized carbons (Fsp3) is 0.214. The molecule has 0 radical (unpaired) electrons. The summed E-state index contributed by atoms with van der Waals surface area (Å²) in [6, 6.07) is 8.36. The Balaban J connectivity index is 2.75. The molecule has 0 unspecified atom stereocenters. The summed E-state index contributed by atoms with van der Waals surface area (Å²) < 4.78 is 4.66. The van der Waals surface area contributed by atoms with Gasteiger partial charge in [-0.05, 0) is 6.08 Å². The van der Waals surface area contributed by atoms with Crippen LogP contribution in [0.25, 0.3) is 0 Å². The van der Waals surface area contributed by atoms with Crippen LogP contribution in [0.2, 0.25) is 0 Å². The zero-order valence-corrected chi connectivity index (χ0v) is 10.5. The molecule has 5 heteroatoms. The number of ketones is 1. The molecule has 19 heavy (non-hydrogen) atoms. The lowest BCUT2D eigenvalue weighted by Crippen LogP contribution is -2.09. The van der Waals surface area contributed by atoms with Gasteiger partial charge in [0, 0.05) is 24.5 Å². The minimum Gasteiger partial charge on any atom is -0.478 e. The van der Waals surface area contributed by atoms with Gasteiger partial charge in [-0.2, -0.15) is 0 Å². The lowest BCUT2D eigenvalue weighted by molar-refractivity contribution is -0.141. The third-order valence-corrected chi connectivity index (χ3v) is 2.32. The maximum absolute atomic E-state index is 11.8. The van der Waals surface area contributed by atoms with Crippen molar-refractivity contribution in [1.29, 1.82) is 0 Å². The monoisotopic (exact) mass is 262 g/mol. The summed E-state index contributed by atoms with van der Waals surface area (Å²) in [4.78, 5) is 33.4. The van der Waals surface area contributed by atoms with Crippen molar-refractivity contribution in [2.75, 3.05) is 6.61 Å². The predicted octanol–water partition coefficient (Wildman–Crippen LogP) is 1.83. The number of esters is 1. The first kappa shape index (κ1) is 14.6. The van der Waals surface area contributed by atoms with Crippen molar-refractivity contribution in [1.82, 2.24) is 0 Å². The fourth-order valence-electron chi connectivity index (χ4n) is 1.39. The van der Waals surface area contributed by atoms with Gasteiger partial charge in [-0.15, -0.1) is 0 Å². The highest BCUT2D eigenvalue weighted by Gasteiger charge is 2.11. The Labute approximate surface area is 110 Å². The van der Waals surface area contributed by atoms with Gasteiger partial charge in [-0.3, -0.25) is 9.59 Å². The smallest absolute Gasteiger partial charge is 0.331 e. The summed E-state index contributed by atoms with van der Waals surface area (Å²) in [5.41, 5.74) is 0.323. The molecule has 0 heterocycles. The predicted molar refractivity (Wildman–Crippen MR) is 67.7 cm³/mol. The van der Waals surface area contributed by atoms with Gasteiger partial charge in [0.25, 0.3) is 0 Å². The number of hydrogen-bond acceptors (Lipinski definition) is 4. The molecule has 0 saturated carbocycles. The molecule has 0 aliphatic heterocycles. The number of aliphatic carboxylic acids is 1. The van der Waals surface area contributed by atoms with Gasteiger partial charge in [0.2, 0.25) is 0 Å². The fourth-order valence-corrected chi connectivity index (χ4v) is 1.39. The minimum absolute atomic E-state index is 0.00646. The topological polar surface area (TPSA) is 80.7 Å². The number of rotatable bonds is 6. The van der Waals surface area contributed by atoms with Crippen LogP contribution in [0, 0.1) is 0 Å². The van der Waals surface area contributed by atoms with Crippen molar-refractivity contribution in [3.63, 3.8) is 0 Å². The van der Waals surface area contributed by atoms with E-state index in [4.69, 9.17) is 5.11 Å². The van der Waals surface area contributed by atoms with Crippen molar-refractivity contribution >= 4 is 17.7 Å². The second-order valence-corrected chi connectivity index (χ2v) is 3.80. The number of benzene rings is 1. The van der Waals surface area contributed by atoms with Gasteiger partial charge in [0.15, 0.2) is 5.78 Å². The van der Waals surface area contributed by atoms with E-state index in [-0.39, 0.29) is 24.4 Å². The SMILES string of the molecule is CC(=O)OCCC(=CC(=O)c1ccccc1)C(=O)O. The molecule has 0 aliphatic rings. The van der Waals surface area contributed by atoms with E-state index in [2.05, 4.69) is 4.74 Å². The molecule has 1 aromatic carbocycles. The number of hydrogen-bond donors (Lipinski definition) is 1. The molecule has 1 rings (SSSR count). The number of carbonyl (C=O) groups is 3. The molecular formula is C14H14O5. The van der Waals surface area contributed by atoms with Crippen molar-refractivity contribution in [2.24, 2.45) is 0 Å². The maximum Gasteiger partial charge on any atom is 0.331 e. The molecule has 0 aromatic heterocycles. The number of carbonyl (C=O) groups excluding carboxylic acids is 2. The van der Waals surface area contributed by atoms with E-state index in [1.807, 2.05) is 0 Å². The van der Waals surface area contributed by atoms with Crippen LogP contribution in [-0.2, 0) is 14.3 Å². The van der Waals surface area contributed by atoms with E-state index in [0.717, 1.165) is 6.08 Å². The number of carboxylic acids is 1. The molecule has 0 amide bonds. The van der Waals surface area contributed by atoms with Gasteiger partial charge in [-0.25, -0.2) is 4.79 Å². The molecule has 0 saturated heterocycles. The van der Waals surface area contributed by atoms with E-state index < -0.39 is 11.9 Å². The molecule has 0 aliphatic carbocycles. The quantitative estimate of drug-likeness (QED) is 0.480. The Kier molecular flexibility index (Phi) is 5.47. The first-order chi connectivity index (χ1) is 9.00. The Morgan fingerprint density at radius 2 is 1.84 bits per heavy atom. The Morgan fingerprint density at radius 3 is 2.37 bits per heavy atom. The van der Waals surface area contributed by atoms with Crippen molar-refractivity contribution < 1.29 is 24.2 Å². The number of allylic oxidation sites excluding steroid dienone is 1. The van der Waals surface area contributed by atoms with Gasteiger partial charge in [-0.1, -0.05) is 30.3 Å². The Bertz CT molecular complexity index is 502. The standard InChI is InChI=1S/C14H14O5/c1-10(15)19-8-7-12(14(17)18)9-13(16)11-5-3-2-4-6-11/h2-6,9H,7-8H2,1H3,(H,17,18). The molecular weight excluding hydrogens is 248 g/mol. The summed E-state index contributed by atoms with van der Waals surface area (Å²) >= 11 is 0. The molecule has 0 spiro atoms. The van der Waals surface area contributed by atoms with Crippen molar-refractivity contribution in [2.45, 2.75) is 13.3 Å². The second-order valence-electron chi connectivity index (χ2n) is 3.80. The van der Waals surface area contributed by atoms with Gasteiger partial charge in [0.05, 0.1) is 6.61 Å². The molecule has 100 valence electrons. The van der Waals surface area contributed by atoms with Crippen molar-refractivity contribution in [3.05, 3.63) is 47.5 Å². The summed E-state index contributed by atoms with van der Waals surface area (Å²) in [6.07, 6.45) is 1.05. The molecule has 0 atom stereocenters.